The molecule has 2 N–H and O–H groups in total. The van der Waals surface area contributed by atoms with E-state index in [0.717, 1.165) is 17.0 Å². The molecule has 0 spiro atoms. The van der Waals surface area contributed by atoms with Crippen LogP contribution in [0.2, 0.25) is 0 Å². The Morgan fingerprint density at radius 3 is 2.65 bits per heavy atom. The molecule has 1 aromatic heterocycles. The van der Waals surface area contributed by atoms with Gasteiger partial charge in [0.1, 0.15) is 11.4 Å². The van der Waals surface area contributed by atoms with Gasteiger partial charge in [-0.05, 0) is 49.2 Å². The number of rotatable bonds is 9. The number of ether oxygens (including phenoxy) is 1. The molecule has 0 radical (unpaired) electrons. The number of nitrogens with one attached hydrogen (secondary N) is 2. The van der Waals surface area contributed by atoms with Crippen LogP contribution in [0.3, 0.4) is 0 Å². The van der Waals surface area contributed by atoms with Crippen LogP contribution in [0.15, 0.2) is 66.9 Å². The van der Waals surface area contributed by atoms with E-state index in [0.29, 0.717) is 18.7 Å². The van der Waals surface area contributed by atoms with Crippen LogP contribution in [0.25, 0.3) is 0 Å². The van der Waals surface area contributed by atoms with Crippen LogP contribution in [-0.4, -0.2) is 29.5 Å². The Bertz CT molecular complexity index is 1060. The molecule has 0 saturated heterocycles. The highest BCUT2D eigenvalue weighted by Gasteiger charge is 2.19. The Morgan fingerprint density at radius 2 is 1.94 bits per heavy atom. The van der Waals surface area contributed by atoms with Gasteiger partial charge in [0.15, 0.2) is 0 Å². The van der Waals surface area contributed by atoms with Gasteiger partial charge in [-0.25, -0.2) is 0 Å². The molecule has 160 valence electrons. The van der Waals surface area contributed by atoms with E-state index in [9.17, 15) is 14.9 Å². The number of amides is 1. The maximum Gasteiger partial charge on any atom is 0.293 e. The highest BCUT2D eigenvalue weighted by atomic mass is 16.6. The minimum Gasteiger partial charge on any atom is -0.496 e. The Kier molecular flexibility index (Phi) is 7.16. The van der Waals surface area contributed by atoms with Crippen molar-refractivity contribution in [2.45, 2.75) is 19.4 Å². The molecular formula is C23H24N4O4. The first-order valence-electron chi connectivity index (χ1n) is 9.85. The molecule has 0 aliphatic carbocycles. The molecule has 31 heavy (non-hydrogen) atoms. The summed E-state index contributed by atoms with van der Waals surface area (Å²) in [6, 6.07) is 17.2. The van der Waals surface area contributed by atoms with E-state index in [-0.39, 0.29) is 23.2 Å². The molecule has 0 aliphatic rings. The zero-order valence-electron chi connectivity index (χ0n) is 17.4. The Labute approximate surface area is 180 Å². The van der Waals surface area contributed by atoms with Gasteiger partial charge >= 0.3 is 0 Å². The van der Waals surface area contributed by atoms with Crippen LogP contribution >= 0.6 is 0 Å². The number of carbonyl (C=O) groups excluding carboxylic acids is 1. The zero-order valence-corrected chi connectivity index (χ0v) is 17.4. The van der Waals surface area contributed by atoms with Gasteiger partial charge in [0.25, 0.3) is 11.6 Å². The average molecular weight is 420 g/mol. The number of anilines is 1. The predicted molar refractivity (Wildman–Crippen MR) is 118 cm³/mol. The first-order valence-corrected chi connectivity index (χ1v) is 9.85. The van der Waals surface area contributed by atoms with Crippen LogP contribution < -0.4 is 15.4 Å². The van der Waals surface area contributed by atoms with Gasteiger partial charge in [-0.3, -0.25) is 19.9 Å². The molecule has 8 nitrogen and oxygen atoms in total. The van der Waals surface area contributed by atoms with Crippen molar-refractivity contribution in [1.82, 2.24) is 10.3 Å². The standard InChI is InChI=1S/C23H24N4O4/c1-16(19-8-5-6-13-24-19)26-20-11-10-18(15-21(20)27(29)30)23(28)25-14-12-17-7-3-4-9-22(17)31-2/h3-11,13,15-16,26H,12,14H2,1-2H3,(H,25,28). The Balaban J connectivity index is 1.68. The molecule has 0 aliphatic heterocycles. The zero-order chi connectivity index (χ0) is 22.2. The number of hydrogen-bond donors (Lipinski definition) is 2. The van der Waals surface area contributed by atoms with E-state index in [4.69, 9.17) is 4.74 Å². The van der Waals surface area contributed by atoms with E-state index in [1.165, 1.54) is 6.07 Å². The number of aromatic nitrogens is 1. The third kappa shape index (κ3) is 5.57. The Hall–Kier alpha value is -3.94. The number of benzene rings is 2. The molecule has 8 heteroatoms. The summed E-state index contributed by atoms with van der Waals surface area (Å²) in [4.78, 5) is 27.9. The maximum absolute atomic E-state index is 12.5. The number of hydrogen-bond acceptors (Lipinski definition) is 6. The van der Waals surface area contributed by atoms with Crippen LogP contribution in [0.4, 0.5) is 11.4 Å². The number of methoxy groups -OCH3 is 1. The molecule has 3 aromatic rings. The normalized spacial score (nSPS) is 11.4. The minimum absolute atomic E-state index is 0.167. The number of carbonyl (C=O) groups is 1. The smallest absolute Gasteiger partial charge is 0.293 e. The van der Waals surface area contributed by atoms with Gasteiger partial charge < -0.3 is 15.4 Å². The summed E-state index contributed by atoms with van der Waals surface area (Å²) in [6.07, 6.45) is 2.25. The van der Waals surface area contributed by atoms with Crippen molar-refractivity contribution in [2.24, 2.45) is 0 Å². The summed E-state index contributed by atoms with van der Waals surface area (Å²) >= 11 is 0. The summed E-state index contributed by atoms with van der Waals surface area (Å²) in [7, 11) is 1.60. The van der Waals surface area contributed by atoms with Gasteiger partial charge in [-0.1, -0.05) is 24.3 Å². The second-order valence-electron chi connectivity index (χ2n) is 6.93. The van der Waals surface area contributed by atoms with Crippen molar-refractivity contribution < 1.29 is 14.5 Å². The van der Waals surface area contributed by atoms with E-state index < -0.39 is 4.92 Å². The summed E-state index contributed by atoms with van der Waals surface area (Å²) in [6.45, 7) is 2.24. The van der Waals surface area contributed by atoms with E-state index in [2.05, 4.69) is 15.6 Å². The number of pyridine rings is 1. The lowest BCUT2D eigenvalue weighted by Crippen LogP contribution is -2.26. The molecule has 1 amide bonds. The molecule has 0 fully saturated rings. The van der Waals surface area contributed by atoms with Crippen LogP contribution in [0, 0.1) is 10.1 Å². The topological polar surface area (TPSA) is 106 Å². The molecule has 1 unspecified atom stereocenters. The van der Waals surface area contributed by atoms with Gasteiger partial charge in [0.2, 0.25) is 0 Å². The summed E-state index contributed by atoms with van der Waals surface area (Å²) in [5, 5.41) is 17.5. The van der Waals surface area contributed by atoms with Crippen molar-refractivity contribution in [3.05, 3.63) is 93.8 Å². The number of nitro benzene ring substituents is 1. The lowest BCUT2D eigenvalue weighted by molar-refractivity contribution is -0.384. The average Bonchev–Trinajstić information content (AvgIpc) is 2.80. The van der Waals surface area contributed by atoms with Gasteiger partial charge in [-0.15, -0.1) is 0 Å². The van der Waals surface area contributed by atoms with Crippen molar-refractivity contribution in [2.75, 3.05) is 19.0 Å². The SMILES string of the molecule is COc1ccccc1CCNC(=O)c1ccc(NC(C)c2ccccn2)c([N+](=O)[O-])c1. The number of para-hydroxylation sites is 1. The summed E-state index contributed by atoms with van der Waals surface area (Å²) in [5.41, 5.74) is 2.12. The van der Waals surface area contributed by atoms with E-state index in [1.807, 2.05) is 43.3 Å². The molecule has 0 saturated carbocycles. The molecule has 0 bridgehead atoms. The second-order valence-corrected chi connectivity index (χ2v) is 6.93. The van der Waals surface area contributed by atoms with Crippen LogP contribution in [0.1, 0.15) is 34.6 Å². The molecule has 3 rings (SSSR count). The number of nitro groups is 1. The quantitative estimate of drug-likeness (QED) is 0.398. The molecule has 1 atom stereocenters. The fourth-order valence-corrected chi connectivity index (χ4v) is 3.21. The molecule has 2 aromatic carbocycles. The summed E-state index contributed by atoms with van der Waals surface area (Å²) in [5.74, 6) is 0.382. The van der Waals surface area contributed by atoms with Gasteiger partial charge in [0, 0.05) is 24.4 Å². The molecule has 1 heterocycles. The fourth-order valence-electron chi connectivity index (χ4n) is 3.21. The maximum atomic E-state index is 12.5. The van der Waals surface area contributed by atoms with Crippen LogP contribution in [-0.2, 0) is 6.42 Å². The van der Waals surface area contributed by atoms with Crippen molar-refractivity contribution in [3.63, 3.8) is 0 Å². The van der Waals surface area contributed by atoms with Gasteiger partial charge in [-0.2, -0.15) is 0 Å². The van der Waals surface area contributed by atoms with Crippen LogP contribution in [0.5, 0.6) is 5.75 Å². The van der Waals surface area contributed by atoms with Crippen molar-refractivity contribution in [3.8, 4) is 5.75 Å². The third-order valence-electron chi connectivity index (χ3n) is 4.83. The van der Waals surface area contributed by atoms with Crippen molar-refractivity contribution in [1.29, 1.82) is 0 Å². The highest BCUT2D eigenvalue weighted by Crippen LogP contribution is 2.29. The van der Waals surface area contributed by atoms with Crippen molar-refractivity contribution >= 4 is 17.3 Å². The lowest BCUT2D eigenvalue weighted by Gasteiger charge is -2.15. The van der Waals surface area contributed by atoms with E-state index in [1.54, 1.807) is 31.5 Å². The Morgan fingerprint density at radius 1 is 1.16 bits per heavy atom. The minimum atomic E-state index is -0.501. The first kappa shape index (κ1) is 21.8. The summed E-state index contributed by atoms with van der Waals surface area (Å²) < 4.78 is 5.31. The second kappa shape index (κ2) is 10.2. The number of nitrogens with zero attached hydrogens (tertiary/aromatic N) is 2. The predicted octanol–water partition coefficient (Wildman–Crippen LogP) is 4.14. The highest BCUT2D eigenvalue weighted by molar-refractivity contribution is 5.95. The monoisotopic (exact) mass is 420 g/mol. The van der Waals surface area contributed by atoms with E-state index >= 15 is 0 Å². The molecular weight excluding hydrogens is 396 g/mol. The first-order chi connectivity index (χ1) is 15.0. The third-order valence-corrected chi connectivity index (χ3v) is 4.83. The fraction of sp³-hybridized carbons (Fsp3) is 0.217. The van der Waals surface area contributed by atoms with Gasteiger partial charge in [0.05, 0.1) is 23.8 Å². The lowest BCUT2D eigenvalue weighted by atomic mass is 10.1. The largest absolute Gasteiger partial charge is 0.496 e.